The van der Waals surface area contributed by atoms with Crippen molar-refractivity contribution in [1.82, 2.24) is 10.2 Å². The number of hydrogen-bond donors (Lipinski definition) is 1. The molecule has 190 valence electrons. The molecule has 1 N–H and O–H groups in total. The molecule has 0 unspecified atom stereocenters. The number of anilines is 1. The Morgan fingerprint density at radius 3 is 2.40 bits per heavy atom. The molecule has 2 aromatic rings. The second-order valence-electron chi connectivity index (χ2n) is 9.09. The van der Waals surface area contributed by atoms with Crippen molar-refractivity contribution in [2.24, 2.45) is 0 Å². The molecule has 1 fully saturated rings. The van der Waals surface area contributed by atoms with Crippen LogP contribution in [0.15, 0.2) is 54.6 Å². The number of para-hydroxylation sites is 1. The van der Waals surface area contributed by atoms with Crippen LogP contribution in [-0.2, 0) is 26.2 Å². The first kappa shape index (κ1) is 27.0. The third-order valence-electron chi connectivity index (χ3n) is 6.31. The van der Waals surface area contributed by atoms with Crippen LogP contribution in [0.3, 0.4) is 0 Å². The average Bonchev–Trinajstić information content (AvgIpc) is 3.32. The maximum Gasteiger partial charge on any atom is 0.242 e. The lowest BCUT2D eigenvalue weighted by Crippen LogP contribution is -2.49. The molecule has 2 aromatic carbocycles. The molecular weight excluding hydrogens is 486 g/mol. The van der Waals surface area contributed by atoms with Gasteiger partial charge in [0.1, 0.15) is 6.04 Å². The summed E-state index contributed by atoms with van der Waals surface area (Å²) in [5, 5.41) is 3.64. The molecule has 1 aliphatic carbocycles. The van der Waals surface area contributed by atoms with Crippen molar-refractivity contribution in [3.8, 4) is 0 Å². The first-order valence-electron chi connectivity index (χ1n) is 12.0. The Kier molecular flexibility index (Phi) is 9.57. The van der Waals surface area contributed by atoms with Crippen molar-refractivity contribution in [1.29, 1.82) is 0 Å². The van der Waals surface area contributed by atoms with Gasteiger partial charge in [0.25, 0.3) is 0 Å². The van der Waals surface area contributed by atoms with E-state index in [9.17, 15) is 18.0 Å². The molecule has 1 saturated carbocycles. The summed E-state index contributed by atoms with van der Waals surface area (Å²) in [5.41, 5.74) is 1.39. The number of nitrogens with zero attached hydrogens (tertiary/aromatic N) is 2. The normalized spacial score (nSPS) is 14.9. The molecule has 9 heteroatoms. The fraction of sp³-hybridized carbons (Fsp3) is 0.462. The topological polar surface area (TPSA) is 86.8 Å². The van der Waals surface area contributed by atoms with Gasteiger partial charge in [0.15, 0.2) is 0 Å². The number of carbonyl (C=O) groups is 2. The van der Waals surface area contributed by atoms with E-state index in [2.05, 4.69) is 5.32 Å². The van der Waals surface area contributed by atoms with Gasteiger partial charge in [0, 0.05) is 30.6 Å². The Bertz CT molecular complexity index is 1100. The number of carbonyl (C=O) groups excluding carboxylic acids is 2. The predicted octanol–water partition coefficient (Wildman–Crippen LogP) is 4.36. The Hall–Kier alpha value is -2.58. The van der Waals surface area contributed by atoms with E-state index in [1.165, 1.54) is 4.31 Å². The van der Waals surface area contributed by atoms with Crippen LogP contribution in [0.5, 0.6) is 0 Å². The van der Waals surface area contributed by atoms with Crippen LogP contribution in [0.2, 0.25) is 5.02 Å². The van der Waals surface area contributed by atoms with Gasteiger partial charge < -0.3 is 10.2 Å². The SMILES string of the molecule is C[C@@H](C(=O)NC1CCCC1)N(Cc1cccc(Cl)c1)C(=O)CCCN(c1ccccc1)S(C)(=O)=O. The van der Waals surface area contributed by atoms with E-state index < -0.39 is 16.1 Å². The first-order chi connectivity index (χ1) is 16.6. The molecule has 2 amide bonds. The Balaban J connectivity index is 1.70. The van der Waals surface area contributed by atoms with Gasteiger partial charge in [-0.2, -0.15) is 0 Å². The monoisotopic (exact) mass is 519 g/mol. The highest BCUT2D eigenvalue weighted by molar-refractivity contribution is 7.92. The molecule has 0 saturated heterocycles. The smallest absolute Gasteiger partial charge is 0.242 e. The van der Waals surface area contributed by atoms with Gasteiger partial charge >= 0.3 is 0 Å². The first-order valence-corrected chi connectivity index (χ1v) is 14.2. The summed E-state index contributed by atoms with van der Waals surface area (Å²) in [7, 11) is -3.50. The molecule has 0 aliphatic heterocycles. The minimum absolute atomic E-state index is 0.112. The number of benzene rings is 2. The molecule has 1 atom stereocenters. The second kappa shape index (κ2) is 12.4. The Labute approximate surface area is 213 Å². The van der Waals surface area contributed by atoms with Crippen LogP contribution in [-0.4, -0.2) is 50.0 Å². The summed E-state index contributed by atoms with van der Waals surface area (Å²) in [6, 6.07) is 15.5. The molecule has 35 heavy (non-hydrogen) atoms. The maximum atomic E-state index is 13.3. The Morgan fingerprint density at radius 1 is 1.09 bits per heavy atom. The van der Waals surface area contributed by atoms with Gasteiger partial charge in [-0.05, 0) is 56.0 Å². The third kappa shape index (κ3) is 7.97. The van der Waals surface area contributed by atoms with Crippen LogP contribution in [0.25, 0.3) is 0 Å². The van der Waals surface area contributed by atoms with Crippen molar-refractivity contribution in [2.45, 2.75) is 64.1 Å². The molecule has 7 nitrogen and oxygen atoms in total. The zero-order valence-electron chi connectivity index (χ0n) is 20.3. The van der Waals surface area contributed by atoms with E-state index in [0.717, 1.165) is 37.5 Å². The summed E-state index contributed by atoms with van der Waals surface area (Å²) in [6.45, 7) is 2.15. The summed E-state index contributed by atoms with van der Waals surface area (Å²) < 4.78 is 26.0. The highest BCUT2D eigenvalue weighted by Gasteiger charge is 2.28. The van der Waals surface area contributed by atoms with Crippen molar-refractivity contribution in [3.63, 3.8) is 0 Å². The van der Waals surface area contributed by atoms with Gasteiger partial charge in [-0.1, -0.05) is 54.8 Å². The van der Waals surface area contributed by atoms with E-state index in [-0.39, 0.29) is 37.4 Å². The van der Waals surface area contributed by atoms with Gasteiger partial charge in [-0.15, -0.1) is 0 Å². The molecule has 0 aromatic heterocycles. The molecule has 0 spiro atoms. The quantitative estimate of drug-likeness (QED) is 0.478. The zero-order valence-corrected chi connectivity index (χ0v) is 21.9. The van der Waals surface area contributed by atoms with Crippen molar-refractivity contribution in [3.05, 3.63) is 65.2 Å². The highest BCUT2D eigenvalue weighted by Crippen LogP contribution is 2.21. The predicted molar refractivity (Wildman–Crippen MR) is 140 cm³/mol. The fourth-order valence-corrected chi connectivity index (χ4v) is 5.58. The number of rotatable bonds is 11. The minimum atomic E-state index is -3.50. The molecule has 3 rings (SSSR count). The average molecular weight is 520 g/mol. The van der Waals surface area contributed by atoms with Crippen LogP contribution >= 0.6 is 11.6 Å². The van der Waals surface area contributed by atoms with E-state index in [0.29, 0.717) is 17.1 Å². The summed E-state index contributed by atoms with van der Waals surface area (Å²) in [5.74, 6) is -0.380. The second-order valence-corrected chi connectivity index (χ2v) is 11.4. The molecule has 0 bridgehead atoms. The fourth-order valence-electron chi connectivity index (χ4n) is 4.40. The minimum Gasteiger partial charge on any atom is -0.352 e. The number of nitrogens with one attached hydrogen (secondary N) is 1. The van der Waals surface area contributed by atoms with E-state index >= 15 is 0 Å². The lowest BCUT2D eigenvalue weighted by Gasteiger charge is -2.30. The van der Waals surface area contributed by atoms with Crippen molar-refractivity contribution >= 4 is 39.1 Å². The van der Waals surface area contributed by atoms with Crippen LogP contribution in [0.4, 0.5) is 5.69 Å². The van der Waals surface area contributed by atoms with Crippen LogP contribution < -0.4 is 9.62 Å². The standard InChI is InChI=1S/C26H34ClN3O4S/c1-20(26(32)28-23-12-6-7-13-23)29(19-21-10-8-11-22(27)18-21)25(31)16-9-17-30(35(2,33)34)24-14-4-3-5-15-24/h3-5,8,10-11,14-15,18,20,23H,6-7,9,12-13,16-17,19H2,1-2H3,(H,28,32)/t20-/m0/s1. The van der Waals surface area contributed by atoms with E-state index in [4.69, 9.17) is 11.6 Å². The number of amides is 2. The summed E-state index contributed by atoms with van der Waals surface area (Å²) in [4.78, 5) is 27.9. The van der Waals surface area contributed by atoms with Gasteiger partial charge in [0.2, 0.25) is 21.8 Å². The lowest BCUT2D eigenvalue weighted by atomic mass is 10.1. The third-order valence-corrected chi connectivity index (χ3v) is 7.74. The van der Waals surface area contributed by atoms with Crippen molar-refractivity contribution < 1.29 is 18.0 Å². The summed E-state index contributed by atoms with van der Waals surface area (Å²) in [6.07, 6.45) is 5.71. The van der Waals surface area contributed by atoms with Gasteiger partial charge in [0.05, 0.1) is 11.9 Å². The van der Waals surface area contributed by atoms with Crippen molar-refractivity contribution in [2.75, 3.05) is 17.1 Å². The number of hydrogen-bond acceptors (Lipinski definition) is 4. The zero-order chi connectivity index (χ0) is 25.4. The van der Waals surface area contributed by atoms with E-state index in [1.807, 2.05) is 18.2 Å². The lowest BCUT2D eigenvalue weighted by molar-refractivity contribution is -0.141. The largest absolute Gasteiger partial charge is 0.352 e. The van der Waals surface area contributed by atoms with Crippen LogP contribution in [0.1, 0.15) is 51.0 Å². The van der Waals surface area contributed by atoms with E-state index in [1.54, 1.807) is 48.2 Å². The highest BCUT2D eigenvalue weighted by atomic mass is 35.5. The Morgan fingerprint density at radius 2 is 1.77 bits per heavy atom. The summed E-state index contributed by atoms with van der Waals surface area (Å²) >= 11 is 6.14. The maximum absolute atomic E-state index is 13.3. The molecule has 1 aliphatic rings. The number of sulfonamides is 1. The molecular formula is C26H34ClN3O4S. The van der Waals surface area contributed by atoms with Crippen LogP contribution in [0, 0.1) is 0 Å². The van der Waals surface area contributed by atoms with Gasteiger partial charge in [-0.25, -0.2) is 8.42 Å². The van der Waals surface area contributed by atoms with Gasteiger partial charge in [-0.3, -0.25) is 13.9 Å². The number of halogens is 1. The molecule has 0 heterocycles. The molecule has 0 radical (unpaired) electrons.